The summed E-state index contributed by atoms with van der Waals surface area (Å²) in [5.41, 5.74) is 2.54. The summed E-state index contributed by atoms with van der Waals surface area (Å²) in [5, 5.41) is 0. The van der Waals surface area contributed by atoms with Gasteiger partial charge in [0.05, 0.1) is 4.90 Å². The first-order valence-corrected chi connectivity index (χ1v) is 11.5. The number of carbonyl (C=O) groups is 1. The molecule has 3 rings (SSSR count). The molecule has 1 aliphatic heterocycles. The van der Waals surface area contributed by atoms with Crippen molar-refractivity contribution in [1.82, 2.24) is 14.5 Å². The number of nitrogens with zero attached hydrogens (tertiary/aromatic N) is 2. The van der Waals surface area contributed by atoms with Gasteiger partial charge in [-0.25, -0.2) is 13.1 Å². The second-order valence-electron chi connectivity index (χ2n) is 7.46. The molecule has 1 fully saturated rings. The molecule has 1 aliphatic rings. The molecule has 2 aromatic rings. The monoisotopic (exact) mass is 415 g/mol. The Labute approximate surface area is 173 Å². The van der Waals surface area contributed by atoms with E-state index in [0.29, 0.717) is 13.1 Å². The van der Waals surface area contributed by atoms with Crippen LogP contribution < -0.4 is 4.72 Å². The summed E-state index contributed by atoms with van der Waals surface area (Å²) in [6.45, 7) is 6.26. The molecule has 7 heteroatoms. The minimum atomic E-state index is -3.57. The second kappa shape index (κ2) is 10.0. The molecule has 0 spiro atoms. The minimum Gasteiger partial charge on any atom is -0.341 e. The van der Waals surface area contributed by atoms with Crippen LogP contribution >= 0.6 is 0 Å². The van der Waals surface area contributed by atoms with Crippen molar-refractivity contribution in [2.24, 2.45) is 0 Å². The number of amides is 1. The highest BCUT2D eigenvalue weighted by molar-refractivity contribution is 7.89. The molecule has 0 saturated carbocycles. The van der Waals surface area contributed by atoms with Gasteiger partial charge in [-0.15, -0.1) is 0 Å². The quantitative estimate of drug-likeness (QED) is 0.754. The van der Waals surface area contributed by atoms with Crippen LogP contribution in [0, 0.1) is 6.92 Å². The van der Waals surface area contributed by atoms with Gasteiger partial charge in [-0.05, 0) is 31.0 Å². The Hall–Kier alpha value is -2.22. The maximum absolute atomic E-state index is 12.5. The minimum absolute atomic E-state index is 0.00190. The SMILES string of the molecule is Cc1ccc(CN2CCCN(C(=O)CCNS(=O)(=O)c3ccccc3)CC2)cc1. The number of benzene rings is 2. The number of sulfonamides is 1. The Balaban J connectivity index is 1.45. The van der Waals surface area contributed by atoms with Gasteiger partial charge in [0.2, 0.25) is 15.9 Å². The zero-order chi connectivity index (χ0) is 20.7. The van der Waals surface area contributed by atoms with Crippen molar-refractivity contribution in [2.75, 3.05) is 32.7 Å². The molecular formula is C22H29N3O3S. The van der Waals surface area contributed by atoms with Gasteiger partial charge in [0.25, 0.3) is 0 Å². The molecule has 1 amide bonds. The van der Waals surface area contributed by atoms with E-state index in [1.807, 2.05) is 4.90 Å². The topological polar surface area (TPSA) is 69.7 Å². The standard InChI is InChI=1S/C22H29N3O3S/c1-19-8-10-20(11-9-19)18-24-14-5-15-25(17-16-24)22(26)12-13-23-29(27,28)21-6-3-2-4-7-21/h2-4,6-11,23H,5,12-18H2,1H3. The van der Waals surface area contributed by atoms with Crippen LogP contribution in [0.4, 0.5) is 0 Å². The van der Waals surface area contributed by atoms with Crippen LogP contribution in [0.2, 0.25) is 0 Å². The van der Waals surface area contributed by atoms with Crippen molar-refractivity contribution >= 4 is 15.9 Å². The zero-order valence-corrected chi connectivity index (χ0v) is 17.7. The molecule has 0 bridgehead atoms. The Kier molecular flexibility index (Phi) is 7.41. The largest absolute Gasteiger partial charge is 0.341 e. The molecule has 2 aromatic carbocycles. The summed E-state index contributed by atoms with van der Waals surface area (Å²) in [5.74, 6) is -0.00190. The van der Waals surface area contributed by atoms with Crippen LogP contribution in [-0.4, -0.2) is 56.8 Å². The average Bonchev–Trinajstić information content (AvgIpc) is 2.96. The molecule has 1 heterocycles. The maximum Gasteiger partial charge on any atom is 0.240 e. The first kappa shape index (κ1) is 21.5. The first-order chi connectivity index (χ1) is 13.9. The fourth-order valence-electron chi connectivity index (χ4n) is 3.46. The van der Waals surface area contributed by atoms with Crippen molar-refractivity contribution in [3.8, 4) is 0 Å². The van der Waals surface area contributed by atoms with Crippen molar-refractivity contribution < 1.29 is 13.2 Å². The van der Waals surface area contributed by atoms with Crippen LogP contribution in [0.15, 0.2) is 59.5 Å². The number of hydrogen-bond acceptors (Lipinski definition) is 4. The molecule has 1 saturated heterocycles. The number of aryl methyl sites for hydroxylation is 1. The second-order valence-corrected chi connectivity index (χ2v) is 9.22. The Bertz CT molecular complexity index is 899. The predicted molar refractivity (Wildman–Crippen MR) is 114 cm³/mol. The van der Waals surface area contributed by atoms with E-state index in [0.717, 1.165) is 26.1 Å². The molecule has 156 valence electrons. The van der Waals surface area contributed by atoms with Gasteiger partial charge < -0.3 is 4.90 Å². The highest BCUT2D eigenvalue weighted by atomic mass is 32.2. The summed E-state index contributed by atoms with van der Waals surface area (Å²) in [6, 6.07) is 16.8. The zero-order valence-electron chi connectivity index (χ0n) is 16.9. The Morgan fingerprint density at radius 3 is 2.41 bits per heavy atom. The van der Waals surface area contributed by atoms with Crippen LogP contribution in [0.5, 0.6) is 0 Å². The molecular weight excluding hydrogens is 386 g/mol. The lowest BCUT2D eigenvalue weighted by molar-refractivity contribution is -0.130. The third kappa shape index (κ3) is 6.39. The van der Waals surface area contributed by atoms with Gasteiger partial charge in [-0.1, -0.05) is 48.0 Å². The normalized spacial score (nSPS) is 15.8. The van der Waals surface area contributed by atoms with E-state index in [1.165, 1.54) is 11.1 Å². The lowest BCUT2D eigenvalue weighted by atomic mass is 10.1. The first-order valence-electron chi connectivity index (χ1n) is 10.0. The molecule has 0 radical (unpaired) electrons. The lowest BCUT2D eigenvalue weighted by Crippen LogP contribution is -2.37. The summed E-state index contributed by atoms with van der Waals surface area (Å²) in [7, 11) is -3.57. The summed E-state index contributed by atoms with van der Waals surface area (Å²) >= 11 is 0. The van der Waals surface area contributed by atoms with Crippen LogP contribution in [0.3, 0.4) is 0 Å². The molecule has 0 unspecified atom stereocenters. The highest BCUT2D eigenvalue weighted by Crippen LogP contribution is 2.11. The molecule has 0 aliphatic carbocycles. The van der Waals surface area contributed by atoms with Crippen LogP contribution in [0.25, 0.3) is 0 Å². The van der Waals surface area contributed by atoms with Crippen molar-refractivity contribution in [1.29, 1.82) is 0 Å². The van der Waals surface area contributed by atoms with Gasteiger partial charge >= 0.3 is 0 Å². The smallest absolute Gasteiger partial charge is 0.240 e. The highest BCUT2D eigenvalue weighted by Gasteiger charge is 2.20. The summed E-state index contributed by atoms with van der Waals surface area (Å²) in [6.07, 6.45) is 1.09. The molecule has 6 nitrogen and oxygen atoms in total. The number of rotatable bonds is 7. The van der Waals surface area contributed by atoms with Crippen molar-refractivity contribution in [2.45, 2.75) is 31.2 Å². The fourth-order valence-corrected chi connectivity index (χ4v) is 4.52. The predicted octanol–water partition coefficient (Wildman–Crippen LogP) is 2.40. The van der Waals surface area contributed by atoms with E-state index in [1.54, 1.807) is 30.3 Å². The Morgan fingerprint density at radius 1 is 0.966 bits per heavy atom. The van der Waals surface area contributed by atoms with Gasteiger partial charge in [-0.2, -0.15) is 0 Å². The van der Waals surface area contributed by atoms with E-state index in [4.69, 9.17) is 0 Å². The third-order valence-corrected chi connectivity index (χ3v) is 6.63. The Morgan fingerprint density at radius 2 is 1.69 bits per heavy atom. The third-order valence-electron chi connectivity index (χ3n) is 5.15. The van der Waals surface area contributed by atoms with E-state index in [-0.39, 0.29) is 23.8 Å². The summed E-state index contributed by atoms with van der Waals surface area (Å²) in [4.78, 5) is 17.0. The number of nitrogens with one attached hydrogen (secondary N) is 1. The van der Waals surface area contributed by atoms with Gasteiger partial charge in [0.1, 0.15) is 0 Å². The van der Waals surface area contributed by atoms with Gasteiger partial charge in [0.15, 0.2) is 0 Å². The summed E-state index contributed by atoms with van der Waals surface area (Å²) < 4.78 is 27.0. The molecule has 0 aromatic heterocycles. The van der Waals surface area contributed by atoms with E-state index >= 15 is 0 Å². The van der Waals surface area contributed by atoms with Gasteiger partial charge in [0, 0.05) is 45.7 Å². The van der Waals surface area contributed by atoms with Gasteiger partial charge in [-0.3, -0.25) is 9.69 Å². The van der Waals surface area contributed by atoms with E-state index in [9.17, 15) is 13.2 Å². The number of carbonyl (C=O) groups excluding carboxylic acids is 1. The van der Waals surface area contributed by atoms with E-state index in [2.05, 4.69) is 40.8 Å². The lowest BCUT2D eigenvalue weighted by Gasteiger charge is -2.22. The average molecular weight is 416 g/mol. The molecule has 1 N–H and O–H groups in total. The van der Waals surface area contributed by atoms with Crippen LogP contribution in [0.1, 0.15) is 24.0 Å². The molecule has 29 heavy (non-hydrogen) atoms. The fraction of sp³-hybridized carbons (Fsp3) is 0.409. The van der Waals surface area contributed by atoms with Crippen molar-refractivity contribution in [3.63, 3.8) is 0 Å². The molecule has 0 atom stereocenters. The van der Waals surface area contributed by atoms with E-state index < -0.39 is 10.0 Å². The maximum atomic E-state index is 12.5. The van der Waals surface area contributed by atoms with Crippen molar-refractivity contribution in [3.05, 3.63) is 65.7 Å². The number of hydrogen-bond donors (Lipinski definition) is 1. The van der Waals surface area contributed by atoms with Crippen LogP contribution in [-0.2, 0) is 21.4 Å².